The molecule has 10 nitrogen and oxygen atoms in total. The minimum atomic E-state index is -3.60. The van der Waals surface area contributed by atoms with Crippen LogP contribution in [-0.4, -0.2) is 41.2 Å². The Morgan fingerprint density at radius 3 is 2.57 bits per heavy atom. The molecule has 0 radical (unpaired) electrons. The average molecular weight is 434 g/mol. The van der Waals surface area contributed by atoms with Crippen molar-refractivity contribution in [3.63, 3.8) is 0 Å². The van der Waals surface area contributed by atoms with Crippen molar-refractivity contribution in [3.8, 4) is 0 Å². The van der Waals surface area contributed by atoms with Gasteiger partial charge < -0.3 is 5.32 Å². The molecule has 1 aliphatic rings. The maximum absolute atomic E-state index is 12.8. The molecule has 1 aromatic carbocycles. The monoisotopic (exact) mass is 434 g/mol. The predicted molar refractivity (Wildman–Crippen MR) is 110 cm³/mol. The number of nitrogens with one attached hydrogen (secondary N) is 1. The largest absolute Gasteiger partial charge is 0.325 e. The number of sulfonamides is 1. The first kappa shape index (κ1) is 21.7. The second-order valence-electron chi connectivity index (χ2n) is 7.29. The van der Waals surface area contributed by atoms with Crippen molar-refractivity contribution >= 4 is 27.3 Å². The lowest BCUT2D eigenvalue weighted by molar-refractivity contribution is -0.385. The van der Waals surface area contributed by atoms with Crippen LogP contribution in [-0.2, 0) is 21.4 Å². The van der Waals surface area contributed by atoms with Crippen molar-refractivity contribution in [1.82, 2.24) is 8.87 Å². The summed E-state index contributed by atoms with van der Waals surface area (Å²) in [7, 11) is -3.60. The molecule has 1 fully saturated rings. The van der Waals surface area contributed by atoms with E-state index < -0.39 is 33.0 Å². The Morgan fingerprint density at radius 2 is 1.93 bits per heavy atom. The van der Waals surface area contributed by atoms with Gasteiger partial charge in [-0.2, -0.15) is 4.31 Å². The molecule has 160 valence electrons. The highest BCUT2D eigenvalue weighted by molar-refractivity contribution is 7.89. The lowest BCUT2D eigenvalue weighted by Gasteiger charge is -2.30. The summed E-state index contributed by atoms with van der Waals surface area (Å²) in [6, 6.07) is 7.86. The van der Waals surface area contributed by atoms with Gasteiger partial charge in [-0.1, -0.05) is 6.92 Å². The Hall–Kier alpha value is -3.05. The topological polar surface area (TPSA) is 132 Å². The second-order valence-corrected chi connectivity index (χ2v) is 9.23. The summed E-state index contributed by atoms with van der Waals surface area (Å²) in [5.74, 6) is -0.262. The van der Waals surface area contributed by atoms with Gasteiger partial charge in [-0.25, -0.2) is 8.42 Å². The number of hydrogen-bond donors (Lipinski definition) is 1. The minimum Gasteiger partial charge on any atom is -0.325 e. The van der Waals surface area contributed by atoms with Crippen LogP contribution in [0.2, 0.25) is 0 Å². The smallest absolute Gasteiger partial charge is 0.285 e. The zero-order valence-electron chi connectivity index (χ0n) is 16.4. The standard InChI is InChI=1S/C19H22N4O6S/c1-14-3-2-10-22(11-14)30(28,29)17-7-4-15(5-8-17)20-18(24)13-21-12-16(23(26)27)6-9-19(21)25/h4-9,12,14H,2-3,10-11,13H2,1H3,(H,20,24). The van der Waals surface area contributed by atoms with E-state index in [9.17, 15) is 28.1 Å². The molecule has 0 aliphatic carbocycles. The van der Waals surface area contributed by atoms with Gasteiger partial charge in [0, 0.05) is 30.9 Å². The number of carbonyl (C=O) groups is 1. The molecule has 1 aliphatic heterocycles. The summed E-state index contributed by atoms with van der Waals surface area (Å²) in [6.45, 7) is 2.58. The van der Waals surface area contributed by atoms with Gasteiger partial charge in [-0.3, -0.25) is 24.3 Å². The van der Waals surface area contributed by atoms with E-state index in [2.05, 4.69) is 5.32 Å². The highest BCUT2D eigenvalue weighted by Crippen LogP contribution is 2.24. The molecule has 0 saturated carbocycles. The molecule has 30 heavy (non-hydrogen) atoms. The summed E-state index contributed by atoms with van der Waals surface area (Å²) >= 11 is 0. The van der Waals surface area contributed by atoms with Crippen LogP contribution in [0.3, 0.4) is 0 Å². The van der Waals surface area contributed by atoms with Gasteiger partial charge in [-0.15, -0.1) is 0 Å². The van der Waals surface area contributed by atoms with Crippen molar-refractivity contribution in [1.29, 1.82) is 0 Å². The number of benzene rings is 1. The fourth-order valence-corrected chi connectivity index (χ4v) is 4.93. The number of rotatable bonds is 6. The van der Waals surface area contributed by atoms with Crippen LogP contribution in [0.15, 0.2) is 52.3 Å². The summed E-state index contributed by atoms with van der Waals surface area (Å²) in [5.41, 5.74) is -0.499. The Morgan fingerprint density at radius 1 is 1.23 bits per heavy atom. The molecule has 1 N–H and O–H groups in total. The zero-order valence-corrected chi connectivity index (χ0v) is 17.2. The number of carbonyl (C=O) groups excluding carboxylic acids is 1. The zero-order chi connectivity index (χ0) is 21.9. The first-order valence-electron chi connectivity index (χ1n) is 9.42. The number of anilines is 1. The fraction of sp³-hybridized carbons (Fsp3) is 0.368. The van der Waals surface area contributed by atoms with Gasteiger partial charge in [0.1, 0.15) is 6.54 Å². The molecule has 2 aromatic rings. The van der Waals surface area contributed by atoms with Gasteiger partial charge in [0.05, 0.1) is 16.0 Å². The number of nitrogens with zero attached hydrogens (tertiary/aromatic N) is 3. The fourth-order valence-electron chi connectivity index (χ4n) is 3.33. The van der Waals surface area contributed by atoms with Crippen molar-refractivity contribution in [2.24, 2.45) is 5.92 Å². The Balaban J connectivity index is 1.68. The van der Waals surface area contributed by atoms with Crippen LogP contribution >= 0.6 is 0 Å². The van der Waals surface area contributed by atoms with E-state index in [1.54, 1.807) is 0 Å². The summed E-state index contributed by atoms with van der Waals surface area (Å²) in [4.78, 5) is 34.3. The van der Waals surface area contributed by atoms with Gasteiger partial charge in [0.2, 0.25) is 15.9 Å². The van der Waals surface area contributed by atoms with Crippen LogP contribution < -0.4 is 10.9 Å². The molecule has 1 unspecified atom stereocenters. The Labute approximate surface area is 173 Å². The highest BCUT2D eigenvalue weighted by atomic mass is 32.2. The van der Waals surface area contributed by atoms with Gasteiger partial charge in [0.25, 0.3) is 11.2 Å². The van der Waals surface area contributed by atoms with E-state index in [0.29, 0.717) is 24.7 Å². The number of pyridine rings is 1. The van der Waals surface area contributed by atoms with Gasteiger partial charge >= 0.3 is 0 Å². The number of nitro groups is 1. The molecule has 3 rings (SSSR count). The maximum atomic E-state index is 12.8. The highest BCUT2D eigenvalue weighted by Gasteiger charge is 2.28. The van der Waals surface area contributed by atoms with E-state index >= 15 is 0 Å². The molecule has 1 aromatic heterocycles. The average Bonchev–Trinajstić information content (AvgIpc) is 2.70. The Bertz CT molecular complexity index is 1110. The van der Waals surface area contributed by atoms with Crippen molar-refractivity contribution in [2.45, 2.75) is 31.2 Å². The van der Waals surface area contributed by atoms with Crippen molar-refractivity contribution < 1.29 is 18.1 Å². The van der Waals surface area contributed by atoms with Crippen LogP contribution in [0.5, 0.6) is 0 Å². The molecular formula is C19H22N4O6S. The molecular weight excluding hydrogens is 412 g/mol. The third kappa shape index (κ3) is 4.92. The predicted octanol–water partition coefficient (Wildman–Crippen LogP) is 1.82. The van der Waals surface area contributed by atoms with Crippen LogP contribution in [0.1, 0.15) is 19.8 Å². The van der Waals surface area contributed by atoms with E-state index in [-0.39, 0.29) is 10.6 Å². The third-order valence-corrected chi connectivity index (χ3v) is 6.77. The van der Waals surface area contributed by atoms with Gasteiger partial charge in [-0.05, 0) is 43.0 Å². The second kappa shape index (κ2) is 8.76. The van der Waals surface area contributed by atoms with Gasteiger partial charge in [0.15, 0.2) is 0 Å². The molecule has 1 amide bonds. The number of hydrogen-bond acceptors (Lipinski definition) is 6. The van der Waals surface area contributed by atoms with E-state index in [1.807, 2.05) is 6.92 Å². The summed E-state index contributed by atoms with van der Waals surface area (Å²) in [6.07, 6.45) is 2.83. The van der Waals surface area contributed by atoms with E-state index in [0.717, 1.165) is 35.7 Å². The van der Waals surface area contributed by atoms with Crippen LogP contribution in [0.4, 0.5) is 11.4 Å². The molecule has 1 saturated heterocycles. The molecule has 11 heteroatoms. The summed E-state index contributed by atoms with van der Waals surface area (Å²) < 4.78 is 28.0. The third-order valence-electron chi connectivity index (χ3n) is 4.89. The van der Waals surface area contributed by atoms with Crippen LogP contribution in [0, 0.1) is 16.0 Å². The van der Waals surface area contributed by atoms with Crippen molar-refractivity contribution in [2.75, 3.05) is 18.4 Å². The van der Waals surface area contributed by atoms with E-state index in [1.165, 1.54) is 28.6 Å². The maximum Gasteiger partial charge on any atom is 0.285 e. The number of amides is 1. The van der Waals surface area contributed by atoms with Crippen molar-refractivity contribution in [3.05, 3.63) is 63.1 Å². The number of aromatic nitrogens is 1. The molecule has 0 spiro atoms. The van der Waals surface area contributed by atoms with Crippen LogP contribution in [0.25, 0.3) is 0 Å². The SMILES string of the molecule is CC1CCCN(S(=O)(=O)c2ccc(NC(=O)Cn3cc([N+](=O)[O-])ccc3=O)cc2)C1. The Kier molecular flexibility index (Phi) is 6.32. The van der Waals surface area contributed by atoms with E-state index in [4.69, 9.17) is 0 Å². The lowest BCUT2D eigenvalue weighted by Crippen LogP contribution is -2.39. The molecule has 2 heterocycles. The normalized spacial score (nSPS) is 17.4. The molecule has 1 atom stereocenters. The summed E-state index contributed by atoms with van der Waals surface area (Å²) in [5, 5.41) is 13.4. The lowest BCUT2D eigenvalue weighted by atomic mass is 10.0. The first-order valence-corrected chi connectivity index (χ1v) is 10.9. The molecule has 0 bridgehead atoms. The number of piperidine rings is 1. The quantitative estimate of drug-likeness (QED) is 0.545. The minimum absolute atomic E-state index is 0.143. The first-order chi connectivity index (χ1) is 14.2.